The highest BCUT2D eigenvalue weighted by atomic mass is 16.5. The second-order valence-corrected chi connectivity index (χ2v) is 7.74. The van der Waals surface area contributed by atoms with Crippen molar-refractivity contribution in [2.45, 2.75) is 13.8 Å². The van der Waals surface area contributed by atoms with E-state index in [1.807, 2.05) is 38.1 Å². The third-order valence-electron chi connectivity index (χ3n) is 5.30. The van der Waals surface area contributed by atoms with Gasteiger partial charge in [0.2, 0.25) is 5.95 Å². The molecule has 1 saturated heterocycles. The highest BCUT2D eigenvalue weighted by Gasteiger charge is 2.20. The van der Waals surface area contributed by atoms with Crippen LogP contribution in [0.5, 0.6) is 5.75 Å². The van der Waals surface area contributed by atoms with E-state index in [0.717, 1.165) is 31.7 Å². The minimum Gasteiger partial charge on any atom is -0.484 e. The number of carbonyl (C=O) groups excluding carboxylic acids is 1. The molecule has 10 heteroatoms. The van der Waals surface area contributed by atoms with E-state index in [1.165, 1.54) is 6.20 Å². The molecule has 0 spiro atoms. The number of aliphatic hydroxyl groups excluding tert-OH is 1. The van der Waals surface area contributed by atoms with Crippen molar-refractivity contribution >= 4 is 28.8 Å². The number of ether oxygens (including phenoxy) is 1. The molecule has 0 bridgehead atoms. The number of benzene rings is 1. The first-order chi connectivity index (χ1) is 15.5. The number of fused-ring (bicyclic) bond motifs is 1. The average Bonchev–Trinajstić information content (AvgIpc) is 2.80. The SMILES string of the molecule is Cc1ccc(OCC(=O)Nc2cnc3nc(N4CCN(CCO)CC4)nc(C)c3n2)cc1. The molecule has 1 fully saturated rings. The molecule has 168 valence electrons. The van der Waals surface area contributed by atoms with Crippen LogP contribution in [0.4, 0.5) is 11.8 Å². The maximum atomic E-state index is 12.2. The van der Waals surface area contributed by atoms with E-state index in [0.29, 0.717) is 40.9 Å². The highest BCUT2D eigenvalue weighted by Crippen LogP contribution is 2.19. The lowest BCUT2D eigenvalue weighted by Gasteiger charge is -2.34. The molecule has 2 N–H and O–H groups in total. The summed E-state index contributed by atoms with van der Waals surface area (Å²) in [6, 6.07) is 7.49. The number of aromatic nitrogens is 4. The molecule has 0 saturated carbocycles. The van der Waals surface area contributed by atoms with E-state index in [2.05, 4.69) is 35.1 Å². The van der Waals surface area contributed by atoms with Gasteiger partial charge in [0.05, 0.1) is 18.5 Å². The van der Waals surface area contributed by atoms with Gasteiger partial charge in [-0.15, -0.1) is 0 Å². The fourth-order valence-corrected chi connectivity index (χ4v) is 3.51. The van der Waals surface area contributed by atoms with E-state index in [-0.39, 0.29) is 19.1 Å². The Balaban J connectivity index is 1.40. The number of nitrogens with one attached hydrogen (secondary N) is 1. The van der Waals surface area contributed by atoms with Crippen molar-refractivity contribution < 1.29 is 14.6 Å². The molecular formula is C22H27N7O3. The zero-order valence-corrected chi connectivity index (χ0v) is 18.3. The maximum Gasteiger partial charge on any atom is 0.263 e. The number of aryl methyl sites for hydroxylation is 2. The number of rotatable bonds is 7. The maximum absolute atomic E-state index is 12.2. The fourth-order valence-electron chi connectivity index (χ4n) is 3.51. The Bertz CT molecular complexity index is 1080. The molecule has 0 aliphatic carbocycles. The summed E-state index contributed by atoms with van der Waals surface area (Å²) in [6.07, 6.45) is 1.49. The topological polar surface area (TPSA) is 117 Å². The summed E-state index contributed by atoms with van der Waals surface area (Å²) in [5.41, 5.74) is 2.85. The summed E-state index contributed by atoms with van der Waals surface area (Å²) in [5.74, 6) is 1.25. The fraction of sp³-hybridized carbons (Fsp3) is 0.409. The Hall–Kier alpha value is -3.37. The molecule has 10 nitrogen and oxygen atoms in total. The van der Waals surface area contributed by atoms with Gasteiger partial charge in [-0.3, -0.25) is 9.69 Å². The Morgan fingerprint density at radius 2 is 1.84 bits per heavy atom. The van der Waals surface area contributed by atoms with E-state index >= 15 is 0 Å². The summed E-state index contributed by atoms with van der Waals surface area (Å²) in [4.78, 5) is 34.6. The summed E-state index contributed by atoms with van der Waals surface area (Å²) >= 11 is 0. The van der Waals surface area contributed by atoms with Crippen molar-refractivity contribution in [2.24, 2.45) is 0 Å². The molecule has 32 heavy (non-hydrogen) atoms. The van der Waals surface area contributed by atoms with Gasteiger partial charge in [0, 0.05) is 32.7 Å². The molecule has 4 rings (SSSR count). The number of hydrogen-bond acceptors (Lipinski definition) is 9. The third kappa shape index (κ3) is 5.27. The number of aliphatic hydroxyl groups is 1. The standard InChI is InChI=1S/C22H27N7O3/c1-15-3-5-17(6-4-15)32-14-19(31)25-18-13-23-21-20(26-18)16(2)24-22(27-21)29-9-7-28(8-10-29)11-12-30/h3-6,13,30H,7-12,14H2,1-2H3,(H,25,26,31). The molecule has 1 aliphatic rings. The van der Waals surface area contributed by atoms with Gasteiger partial charge in [-0.05, 0) is 26.0 Å². The van der Waals surface area contributed by atoms with Crippen molar-refractivity contribution in [1.29, 1.82) is 0 Å². The van der Waals surface area contributed by atoms with Gasteiger partial charge in [-0.2, -0.15) is 4.98 Å². The molecular weight excluding hydrogens is 410 g/mol. The Labute approximate surface area is 186 Å². The van der Waals surface area contributed by atoms with Crippen molar-refractivity contribution in [2.75, 3.05) is 56.2 Å². The first-order valence-electron chi connectivity index (χ1n) is 10.6. The normalized spacial score (nSPS) is 14.5. The molecule has 1 aromatic carbocycles. The van der Waals surface area contributed by atoms with Gasteiger partial charge in [0.25, 0.3) is 5.91 Å². The van der Waals surface area contributed by atoms with Crippen LogP contribution in [0.15, 0.2) is 30.5 Å². The van der Waals surface area contributed by atoms with Crippen LogP contribution < -0.4 is 15.0 Å². The smallest absolute Gasteiger partial charge is 0.263 e. The lowest BCUT2D eigenvalue weighted by molar-refractivity contribution is -0.118. The van der Waals surface area contributed by atoms with Crippen molar-refractivity contribution in [3.63, 3.8) is 0 Å². The van der Waals surface area contributed by atoms with Crippen molar-refractivity contribution in [3.05, 3.63) is 41.7 Å². The number of nitrogens with zero attached hydrogens (tertiary/aromatic N) is 6. The van der Waals surface area contributed by atoms with Crippen LogP contribution in [0, 0.1) is 13.8 Å². The lowest BCUT2D eigenvalue weighted by Crippen LogP contribution is -2.47. The summed E-state index contributed by atoms with van der Waals surface area (Å²) in [6.45, 7) is 7.84. The predicted molar refractivity (Wildman–Crippen MR) is 121 cm³/mol. The second kappa shape index (κ2) is 9.84. The molecule has 2 aromatic heterocycles. The van der Waals surface area contributed by atoms with Crippen LogP contribution >= 0.6 is 0 Å². The van der Waals surface area contributed by atoms with Gasteiger partial charge in [-0.1, -0.05) is 17.7 Å². The minimum absolute atomic E-state index is 0.126. The van der Waals surface area contributed by atoms with Crippen LogP contribution in [0.2, 0.25) is 0 Å². The van der Waals surface area contributed by atoms with Gasteiger partial charge in [0.1, 0.15) is 11.3 Å². The van der Waals surface area contributed by atoms with Crippen molar-refractivity contribution in [1.82, 2.24) is 24.8 Å². The number of β-amino-alcohol motifs (C(OH)–C–C–N with tert-alkyl or cyclic N) is 1. The molecule has 0 atom stereocenters. The van der Waals surface area contributed by atoms with Gasteiger partial charge in [-0.25, -0.2) is 15.0 Å². The number of anilines is 2. The molecule has 3 heterocycles. The van der Waals surface area contributed by atoms with Crippen LogP contribution in [-0.4, -0.2) is 81.8 Å². The quantitative estimate of drug-likeness (QED) is 0.562. The Kier molecular flexibility index (Phi) is 6.72. The summed E-state index contributed by atoms with van der Waals surface area (Å²) < 4.78 is 5.50. The average molecular weight is 438 g/mol. The molecule has 1 amide bonds. The number of amides is 1. The first-order valence-corrected chi connectivity index (χ1v) is 10.6. The van der Waals surface area contributed by atoms with E-state index < -0.39 is 0 Å². The van der Waals surface area contributed by atoms with Gasteiger partial charge < -0.3 is 20.1 Å². The monoisotopic (exact) mass is 437 g/mol. The molecule has 3 aromatic rings. The largest absolute Gasteiger partial charge is 0.484 e. The zero-order chi connectivity index (χ0) is 22.5. The number of carbonyl (C=O) groups is 1. The Morgan fingerprint density at radius 1 is 1.09 bits per heavy atom. The first kappa shape index (κ1) is 21.8. The molecule has 0 radical (unpaired) electrons. The highest BCUT2D eigenvalue weighted by molar-refractivity contribution is 5.91. The third-order valence-corrected chi connectivity index (χ3v) is 5.30. The predicted octanol–water partition coefficient (Wildman–Crippen LogP) is 1.17. The number of hydrogen-bond donors (Lipinski definition) is 2. The van der Waals surface area contributed by atoms with Crippen molar-refractivity contribution in [3.8, 4) is 5.75 Å². The second-order valence-electron chi connectivity index (χ2n) is 7.74. The van der Waals surface area contributed by atoms with Crippen LogP contribution in [0.25, 0.3) is 11.2 Å². The summed E-state index contributed by atoms with van der Waals surface area (Å²) in [7, 11) is 0. The van der Waals surface area contributed by atoms with E-state index in [1.54, 1.807) is 0 Å². The van der Waals surface area contributed by atoms with Crippen LogP contribution in [0.1, 0.15) is 11.3 Å². The molecule has 0 unspecified atom stereocenters. The van der Waals surface area contributed by atoms with Gasteiger partial charge in [0.15, 0.2) is 18.1 Å². The molecule has 1 aliphatic heterocycles. The summed E-state index contributed by atoms with van der Waals surface area (Å²) in [5, 5.41) is 11.8. The van der Waals surface area contributed by atoms with Crippen LogP contribution in [-0.2, 0) is 4.79 Å². The minimum atomic E-state index is -0.324. The lowest BCUT2D eigenvalue weighted by atomic mass is 10.2. The van der Waals surface area contributed by atoms with Crippen LogP contribution in [0.3, 0.4) is 0 Å². The zero-order valence-electron chi connectivity index (χ0n) is 18.3. The Morgan fingerprint density at radius 3 is 2.56 bits per heavy atom. The number of piperazine rings is 1. The van der Waals surface area contributed by atoms with E-state index in [9.17, 15) is 4.79 Å². The van der Waals surface area contributed by atoms with E-state index in [4.69, 9.17) is 9.84 Å². The van der Waals surface area contributed by atoms with Gasteiger partial charge >= 0.3 is 0 Å².